The van der Waals surface area contributed by atoms with Gasteiger partial charge < -0.3 is 0 Å². The topological polar surface area (TPSA) is 0 Å². The van der Waals surface area contributed by atoms with Crippen molar-refractivity contribution in [1.82, 2.24) is 0 Å². The van der Waals surface area contributed by atoms with E-state index in [1.165, 1.54) is 22.3 Å². The summed E-state index contributed by atoms with van der Waals surface area (Å²) in [5.41, 5.74) is 15.7. The molecular weight excluding hydrogens is 571 g/mol. The number of hydrogen-bond donors (Lipinski definition) is 0. The molecule has 0 radical (unpaired) electrons. The minimum atomic E-state index is -2.24. The molecule has 4 rings (SSSR count). The molecular formula is C30H44SiZr2. The van der Waals surface area contributed by atoms with E-state index in [1.807, 2.05) is 0 Å². The average molecular weight is 615 g/mol. The Labute approximate surface area is 215 Å². The molecule has 0 fully saturated rings. The molecule has 176 valence electrons. The number of allylic oxidation sites excluding steroid dienone is 2. The van der Waals surface area contributed by atoms with Crippen molar-refractivity contribution in [3.63, 3.8) is 0 Å². The normalized spacial score (nSPS) is 20.3. The van der Waals surface area contributed by atoms with E-state index in [9.17, 15) is 0 Å². The molecule has 2 aliphatic rings. The second-order valence-corrected chi connectivity index (χ2v) is 44.1. The molecule has 0 saturated heterocycles. The SMILES string of the molecule is CC1=Cc2c(C)cc(C)cc2[CH]1[Zr]([CH3])([CH3])[CH2][SiH2][CH2][Zr]([CH3])([CH3])[CH]1C(C)=Cc2c(C)cc(C)cc21. The number of aryl methyl sites for hydroxylation is 4. The third-order valence-corrected chi connectivity index (χ3v) is 47.6. The summed E-state index contributed by atoms with van der Waals surface area (Å²) in [5, 5.41) is 0. The van der Waals surface area contributed by atoms with Gasteiger partial charge in [0.25, 0.3) is 0 Å². The van der Waals surface area contributed by atoms with Gasteiger partial charge in [0, 0.05) is 0 Å². The van der Waals surface area contributed by atoms with Crippen LogP contribution in [0.3, 0.4) is 0 Å². The molecule has 0 amide bonds. The summed E-state index contributed by atoms with van der Waals surface area (Å²) in [4.78, 5) is 0. The second-order valence-electron chi connectivity index (χ2n) is 12.6. The van der Waals surface area contributed by atoms with E-state index < -0.39 is 40.5 Å². The van der Waals surface area contributed by atoms with Crippen LogP contribution in [0.1, 0.15) is 65.6 Å². The number of rotatable bonds is 6. The van der Waals surface area contributed by atoms with Gasteiger partial charge in [0.2, 0.25) is 0 Å². The Morgan fingerprint density at radius 3 is 1.33 bits per heavy atom. The van der Waals surface area contributed by atoms with Crippen LogP contribution in [0, 0.1) is 27.7 Å². The van der Waals surface area contributed by atoms with Crippen molar-refractivity contribution in [2.75, 3.05) is 0 Å². The molecule has 0 N–H and O–H groups in total. The van der Waals surface area contributed by atoms with Gasteiger partial charge in [-0.15, -0.1) is 0 Å². The Morgan fingerprint density at radius 1 is 0.606 bits per heavy atom. The standard InChI is InChI=1S/2C12H13.C2H6Si.4CH3.2Zr/c2*1-8-4-10(3)12-7-9(2)6-11(12)5-8;1-3-2;;;;;;/h2*4-7H,1-3H3;1-3H2;4*1H3;;. The van der Waals surface area contributed by atoms with Crippen LogP contribution in [-0.4, -0.2) is 9.52 Å². The molecule has 2 aromatic carbocycles. The molecule has 0 spiro atoms. The summed E-state index contributed by atoms with van der Waals surface area (Å²) in [5.74, 6) is 0. The first-order chi connectivity index (χ1) is 15.3. The average Bonchev–Trinajstić information content (AvgIpc) is 3.18. The fourth-order valence-electron chi connectivity index (χ4n) is 7.37. The van der Waals surface area contributed by atoms with E-state index in [4.69, 9.17) is 0 Å². The van der Waals surface area contributed by atoms with Crippen LogP contribution in [0.25, 0.3) is 12.2 Å². The Morgan fingerprint density at radius 2 is 0.970 bits per heavy atom. The number of hydrogen-bond acceptors (Lipinski definition) is 0. The van der Waals surface area contributed by atoms with Crippen molar-refractivity contribution in [3.8, 4) is 0 Å². The Bertz CT molecular complexity index is 1070. The maximum atomic E-state index is 2.77. The molecule has 2 unspecified atom stereocenters. The van der Waals surface area contributed by atoms with Crippen molar-refractivity contribution < 1.29 is 40.5 Å². The molecule has 0 nitrogen and oxygen atoms in total. The van der Waals surface area contributed by atoms with Gasteiger partial charge in [-0.05, 0) is 0 Å². The molecule has 0 heterocycles. The van der Waals surface area contributed by atoms with Gasteiger partial charge in [-0.1, -0.05) is 0 Å². The van der Waals surface area contributed by atoms with Gasteiger partial charge in [-0.25, -0.2) is 0 Å². The zero-order valence-corrected chi connectivity index (χ0v) is 29.1. The zero-order chi connectivity index (χ0) is 24.3. The molecule has 3 heteroatoms. The molecule has 2 atom stereocenters. The van der Waals surface area contributed by atoms with Crippen LogP contribution in [0.4, 0.5) is 0 Å². The predicted molar refractivity (Wildman–Crippen MR) is 146 cm³/mol. The van der Waals surface area contributed by atoms with E-state index in [-0.39, 0.29) is 9.52 Å². The summed E-state index contributed by atoms with van der Waals surface area (Å²) in [6, 6.07) is 9.80. The van der Waals surface area contributed by atoms with E-state index in [0.717, 1.165) is 7.25 Å². The van der Waals surface area contributed by atoms with Gasteiger partial charge in [-0.2, -0.15) is 0 Å². The molecule has 0 saturated carbocycles. The first-order valence-electron chi connectivity index (χ1n) is 12.9. The van der Waals surface area contributed by atoms with Gasteiger partial charge >= 0.3 is 217 Å². The van der Waals surface area contributed by atoms with Crippen LogP contribution in [0.2, 0.25) is 26.0 Å². The molecule has 2 aliphatic carbocycles. The summed E-state index contributed by atoms with van der Waals surface area (Å²) in [7, 11) is -0.0166. The predicted octanol–water partition coefficient (Wildman–Crippen LogP) is 8.96. The van der Waals surface area contributed by atoms with Crippen LogP contribution >= 0.6 is 0 Å². The van der Waals surface area contributed by atoms with Gasteiger partial charge in [0.1, 0.15) is 0 Å². The summed E-state index contributed by atoms with van der Waals surface area (Å²) in [6.45, 7) is 14.0. The van der Waals surface area contributed by atoms with Crippen molar-refractivity contribution >= 4 is 21.7 Å². The fraction of sp³-hybridized carbons (Fsp3) is 0.467. The first kappa shape index (κ1) is 26.0. The van der Waals surface area contributed by atoms with Crippen LogP contribution in [-0.2, 0) is 40.5 Å². The number of benzene rings is 2. The minimum absolute atomic E-state index is 0.0166. The first-order valence-corrected chi connectivity index (χ1v) is 31.0. The van der Waals surface area contributed by atoms with Crippen molar-refractivity contribution in [2.45, 2.75) is 74.8 Å². The van der Waals surface area contributed by atoms with Crippen molar-refractivity contribution in [1.29, 1.82) is 0 Å². The molecule has 0 aliphatic heterocycles. The zero-order valence-electron chi connectivity index (χ0n) is 22.7. The van der Waals surface area contributed by atoms with Gasteiger partial charge in [-0.3, -0.25) is 0 Å². The third-order valence-electron chi connectivity index (χ3n) is 8.61. The van der Waals surface area contributed by atoms with Crippen molar-refractivity contribution in [3.05, 3.63) is 79.9 Å². The van der Waals surface area contributed by atoms with Crippen LogP contribution < -0.4 is 0 Å². The molecule has 0 bridgehead atoms. The summed E-state index contributed by atoms with van der Waals surface area (Å²) in [6.07, 6.45) is 5.07. The van der Waals surface area contributed by atoms with E-state index in [1.54, 1.807) is 40.9 Å². The summed E-state index contributed by atoms with van der Waals surface area (Å²) >= 11 is -4.49. The molecule has 33 heavy (non-hydrogen) atoms. The van der Waals surface area contributed by atoms with Crippen LogP contribution in [0.5, 0.6) is 0 Å². The monoisotopic (exact) mass is 612 g/mol. The number of fused-ring (bicyclic) bond motifs is 2. The third kappa shape index (κ3) is 4.95. The van der Waals surface area contributed by atoms with Crippen molar-refractivity contribution in [2.24, 2.45) is 0 Å². The molecule has 0 aromatic heterocycles. The quantitative estimate of drug-likeness (QED) is 0.285. The van der Waals surface area contributed by atoms with E-state index in [0.29, 0.717) is 0 Å². The van der Waals surface area contributed by atoms with Gasteiger partial charge in [0.05, 0.1) is 0 Å². The maximum absolute atomic E-state index is 2.77. The van der Waals surface area contributed by atoms with Crippen LogP contribution in [0.15, 0.2) is 35.4 Å². The second kappa shape index (κ2) is 9.41. The van der Waals surface area contributed by atoms with Gasteiger partial charge in [0.15, 0.2) is 0 Å². The Hall–Kier alpha value is -0.0969. The van der Waals surface area contributed by atoms with E-state index in [2.05, 4.69) is 96.5 Å². The fourth-order valence-corrected chi connectivity index (χ4v) is 48.4. The van der Waals surface area contributed by atoms with E-state index >= 15 is 0 Å². The summed E-state index contributed by atoms with van der Waals surface area (Å²) < 4.78 is 16.0. The Balaban J connectivity index is 1.51. The Kier molecular flexibility index (Phi) is 7.41. The molecule has 2 aromatic rings.